The molecule has 116 valence electrons. The van der Waals surface area contributed by atoms with E-state index in [9.17, 15) is 9.59 Å². The minimum atomic E-state index is -0.528. The van der Waals surface area contributed by atoms with Crippen LogP contribution in [0, 0.1) is 0 Å². The quantitative estimate of drug-likeness (QED) is 0.556. The van der Waals surface area contributed by atoms with E-state index < -0.39 is 11.9 Å². The number of carbonyl (C=O) groups is 2. The summed E-state index contributed by atoms with van der Waals surface area (Å²) in [5, 5.41) is 10.4. The smallest absolute Gasteiger partial charge is 0.336 e. The molecule has 3 amide bonds. The summed E-state index contributed by atoms with van der Waals surface area (Å²) in [4.78, 5) is 23.3. The zero-order valence-corrected chi connectivity index (χ0v) is 12.7. The molecule has 0 radical (unpaired) electrons. The molecule has 4 N–H and O–H groups in total. The number of thiol groups is 1. The van der Waals surface area contributed by atoms with Crippen molar-refractivity contribution in [3.8, 4) is 0 Å². The second kappa shape index (κ2) is 6.01. The molecule has 23 heavy (non-hydrogen) atoms. The van der Waals surface area contributed by atoms with Crippen molar-refractivity contribution < 1.29 is 9.59 Å². The van der Waals surface area contributed by atoms with Gasteiger partial charge in [0.15, 0.2) is 0 Å². The van der Waals surface area contributed by atoms with Gasteiger partial charge in [0.2, 0.25) is 5.91 Å². The van der Waals surface area contributed by atoms with E-state index in [1.807, 2.05) is 6.07 Å². The molecule has 0 aliphatic carbocycles. The third kappa shape index (κ3) is 3.11. The van der Waals surface area contributed by atoms with Gasteiger partial charge >= 0.3 is 6.03 Å². The molecule has 0 aliphatic rings. The highest BCUT2D eigenvalue weighted by Crippen LogP contribution is 2.21. The number of aromatic amines is 1. The molecule has 0 saturated heterocycles. The highest BCUT2D eigenvalue weighted by atomic mass is 32.1. The Bertz CT molecular complexity index is 875. The van der Waals surface area contributed by atoms with Crippen molar-refractivity contribution in [3.05, 3.63) is 54.2 Å². The second-order valence-electron chi connectivity index (χ2n) is 4.83. The van der Waals surface area contributed by atoms with Gasteiger partial charge in [-0.05, 0) is 42.5 Å². The lowest BCUT2D eigenvalue weighted by Gasteiger charge is -2.16. The molecule has 8 heteroatoms. The van der Waals surface area contributed by atoms with Crippen LogP contribution in [0.5, 0.6) is 0 Å². The number of hydrogen-bond acceptors (Lipinski definition) is 4. The van der Waals surface area contributed by atoms with Crippen molar-refractivity contribution in [2.45, 2.75) is 0 Å². The fourth-order valence-electron chi connectivity index (χ4n) is 2.08. The van der Waals surface area contributed by atoms with Crippen LogP contribution in [0.1, 0.15) is 10.4 Å². The Morgan fingerprint density at radius 3 is 2.61 bits per heavy atom. The number of amides is 3. The SMILES string of the molecule is NC(=O)c1ccc(N(S)C(=O)Nc2ccc3[nH]ncc3c2)cc1. The highest BCUT2D eigenvalue weighted by molar-refractivity contribution is 7.82. The number of anilines is 2. The van der Waals surface area contributed by atoms with Gasteiger partial charge in [-0.2, -0.15) is 5.10 Å². The standard InChI is InChI=1S/C15H13N5O2S/c16-14(21)9-1-4-12(5-2-9)20(23)15(22)18-11-3-6-13-10(7-11)8-17-19-13/h1-8,23H,(H2,16,21)(H,17,19)(H,18,22). The third-order valence-corrected chi connectivity index (χ3v) is 3.69. The van der Waals surface area contributed by atoms with Gasteiger partial charge in [-0.3, -0.25) is 9.89 Å². The molecule has 7 nitrogen and oxygen atoms in total. The van der Waals surface area contributed by atoms with Crippen LogP contribution in [0.15, 0.2) is 48.7 Å². The maximum atomic E-state index is 12.2. The molecule has 0 bridgehead atoms. The van der Waals surface area contributed by atoms with E-state index in [2.05, 4.69) is 28.3 Å². The Balaban J connectivity index is 1.74. The van der Waals surface area contributed by atoms with Crippen LogP contribution < -0.4 is 15.4 Å². The molecule has 3 rings (SSSR count). The van der Waals surface area contributed by atoms with Crippen LogP contribution in [-0.4, -0.2) is 22.1 Å². The van der Waals surface area contributed by atoms with Crippen molar-refractivity contribution >= 4 is 47.0 Å². The highest BCUT2D eigenvalue weighted by Gasteiger charge is 2.13. The molecule has 0 atom stereocenters. The monoisotopic (exact) mass is 327 g/mol. The minimum Gasteiger partial charge on any atom is -0.366 e. The Morgan fingerprint density at radius 2 is 1.91 bits per heavy atom. The largest absolute Gasteiger partial charge is 0.366 e. The molecular weight excluding hydrogens is 314 g/mol. The fraction of sp³-hybridized carbons (Fsp3) is 0. The van der Waals surface area contributed by atoms with Crippen LogP contribution in [0.3, 0.4) is 0 Å². The Labute approximate surface area is 137 Å². The topological polar surface area (TPSA) is 104 Å². The van der Waals surface area contributed by atoms with Gasteiger partial charge in [0, 0.05) is 16.6 Å². The lowest BCUT2D eigenvalue weighted by atomic mass is 10.2. The predicted octanol–water partition coefficient (Wildman–Crippen LogP) is 2.55. The van der Waals surface area contributed by atoms with E-state index in [0.717, 1.165) is 15.2 Å². The summed E-state index contributed by atoms with van der Waals surface area (Å²) in [6, 6.07) is 11.2. The fourth-order valence-corrected chi connectivity index (χ4v) is 2.26. The van der Waals surface area contributed by atoms with E-state index in [4.69, 9.17) is 5.73 Å². The Kier molecular flexibility index (Phi) is 3.90. The van der Waals surface area contributed by atoms with Crippen LogP contribution in [-0.2, 0) is 0 Å². The molecule has 0 spiro atoms. The van der Waals surface area contributed by atoms with Crippen LogP contribution in [0.25, 0.3) is 10.9 Å². The van der Waals surface area contributed by atoms with Crippen molar-refractivity contribution in [2.24, 2.45) is 5.73 Å². The molecular formula is C15H13N5O2S. The van der Waals surface area contributed by atoms with E-state index in [1.165, 1.54) is 12.1 Å². The number of H-pyrrole nitrogens is 1. The van der Waals surface area contributed by atoms with Crippen molar-refractivity contribution in [1.29, 1.82) is 0 Å². The number of carbonyl (C=O) groups excluding carboxylic acids is 2. The summed E-state index contributed by atoms with van der Waals surface area (Å²) in [6.45, 7) is 0. The molecule has 0 aliphatic heterocycles. The van der Waals surface area contributed by atoms with Crippen molar-refractivity contribution in [2.75, 3.05) is 9.62 Å². The molecule has 1 aromatic heterocycles. The van der Waals surface area contributed by atoms with Gasteiger partial charge < -0.3 is 11.1 Å². The van der Waals surface area contributed by atoms with E-state index >= 15 is 0 Å². The van der Waals surface area contributed by atoms with Gasteiger partial charge in [-0.1, -0.05) is 12.8 Å². The second-order valence-corrected chi connectivity index (χ2v) is 5.23. The molecule has 3 aromatic rings. The average Bonchev–Trinajstić information content (AvgIpc) is 3.01. The number of primary amides is 1. The van der Waals surface area contributed by atoms with Gasteiger partial charge in [0.05, 0.1) is 17.4 Å². The predicted molar refractivity (Wildman–Crippen MR) is 91.5 cm³/mol. The summed E-state index contributed by atoms with van der Waals surface area (Å²) < 4.78 is 1.14. The van der Waals surface area contributed by atoms with Gasteiger partial charge in [0.25, 0.3) is 0 Å². The molecule has 0 fully saturated rings. The number of aromatic nitrogens is 2. The Morgan fingerprint density at radius 1 is 1.17 bits per heavy atom. The van der Waals surface area contributed by atoms with E-state index in [0.29, 0.717) is 16.9 Å². The summed E-state index contributed by atoms with van der Waals surface area (Å²) in [7, 11) is 0. The number of fused-ring (bicyclic) bond motifs is 1. The van der Waals surface area contributed by atoms with Gasteiger partial charge in [-0.25, -0.2) is 9.10 Å². The van der Waals surface area contributed by atoms with Crippen molar-refractivity contribution in [3.63, 3.8) is 0 Å². The summed E-state index contributed by atoms with van der Waals surface area (Å²) in [5.74, 6) is -0.528. The zero-order chi connectivity index (χ0) is 16.4. The molecule has 0 unspecified atom stereocenters. The summed E-state index contributed by atoms with van der Waals surface area (Å²) in [5.41, 5.74) is 7.56. The first kappa shape index (κ1) is 14.9. The number of urea groups is 1. The van der Waals surface area contributed by atoms with E-state index in [1.54, 1.807) is 30.5 Å². The summed E-state index contributed by atoms with van der Waals surface area (Å²) >= 11 is 4.18. The van der Waals surface area contributed by atoms with Crippen LogP contribution in [0.2, 0.25) is 0 Å². The molecule has 2 aromatic carbocycles. The maximum absolute atomic E-state index is 12.2. The lowest BCUT2D eigenvalue weighted by Crippen LogP contribution is -2.26. The van der Waals surface area contributed by atoms with Crippen LogP contribution >= 0.6 is 12.8 Å². The molecule has 1 heterocycles. The third-order valence-electron chi connectivity index (χ3n) is 3.28. The summed E-state index contributed by atoms with van der Waals surface area (Å²) in [6.07, 6.45) is 1.67. The van der Waals surface area contributed by atoms with E-state index in [-0.39, 0.29) is 0 Å². The minimum absolute atomic E-state index is 0.362. The van der Waals surface area contributed by atoms with Crippen LogP contribution in [0.4, 0.5) is 16.2 Å². The number of benzene rings is 2. The normalized spacial score (nSPS) is 10.5. The maximum Gasteiger partial charge on any atom is 0.336 e. The van der Waals surface area contributed by atoms with Crippen molar-refractivity contribution in [1.82, 2.24) is 10.2 Å². The zero-order valence-electron chi connectivity index (χ0n) is 11.9. The number of nitrogens with zero attached hydrogens (tertiary/aromatic N) is 2. The number of nitrogens with one attached hydrogen (secondary N) is 2. The lowest BCUT2D eigenvalue weighted by molar-refractivity contribution is 0.100. The number of rotatable bonds is 3. The number of nitrogens with two attached hydrogens (primary N) is 1. The first-order valence-corrected chi connectivity index (χ1v) is 7.07. The Hall–Kier alpha value is -3.00. The van der Waals surface area contributed by atoms with Gasteiger partial charge in [-0.15, -0.1) is 0 Å². The number of hydrogen-bond donors (Lipinski definition) is 4. The average molecular weight is 327 g/mol. The first-order valence-electron chi connectivity index (χ1n) is 6.67. The van der Waals surface area contributed by atoms with Gasteiger partial charge in [0.1, 0.15) is 0 Å². The first-order chi connectivity index (χ1) is 11.0. The molecule has 0 saturated carbocycles.